The van der Waals surface area contributed by atoms with Crippen molar-refractivity contribution in [2.75, 3.05) is 13.1 Å². The van der Waals surface area contributed by atoms with E-state index in [1.165, 1.54) is 0 Å². The molecule has 0 aliphatic carbocycles. The van der Waals surface area contributed by atoms with E-state index in [1.54, 1.807) is 11.1 Å². The number of carbonyl (C=O) groups is 1. The second kappa shape index (κ2) is 7.80. The Morgan fingerprint density at radius 2 is 1.96 bits per heavy atom. The van der Waals surface area contributed by atoms with Crippen LogP contribution in [0.4, 0.5) is 4.79 Å². The van der Waals surface area contributed by atoms with E-state index in [-0.39, 0.29) is 12.1 Å². The predicted octanol–water partition coefficient (Wildman–Crippen LogP) is 3.65. The number of fused-ring (bicyclic) bond motifs is 1. The first-order valence-electron chi connectivity index (χ1n) is 8.83. The van der Waals surface area contributed by atoms with Crippen molar-refractivity contribution < 1.29 is 9.53 Å². The third-order valence-corrected chi connectivity index (χ3v) is 4.76. The Morgan fingerprint density at radius 3 is 2.78 bits per heavy atom. The Labute approximate surface area is 162 Å². The molecular weight excluding hydrogens is 364 g/mol. The van der Waals surface area contributed by atoms with Crippen LogP contribution in [-0.4, -0.2) is 40.1 Å². The molecule has 4 rings (SSSR count). The zero-order valence-corrected chi connectivity index (χ0v) is 15.4. The molecule has 2 heterocycles. The maximum Gasteiger partial charge on any atom is 0.317 e. The molecule has 1 aliphatic heterocycles. The van der Waals surface area contributed by atoms with E-state index in [4.69, 9.17) is 16.3 Å². The molecule has 1 N–H and O–H groups in total. The maximum absolute atomic E-state index is 12.4. The Bertz CT molecular complexity index is 948. The highest BCUT2D eigenvalue weighted by Gasteiger charge is 2.27. The van der Waals surface area contributed by atoms with Crippen LogP contribution in [0.2, 0.25) is 5.02 Å². The fraction of sp³-hybridized carbons (Fsp3) is 0.250. The van der Waals surface area contributed by atoms with Gasteiger partial charge in [-0.3, -0.25) is 0 Å². The molecule has 3 aromatic rings. The van der Waals surface area contributed by atoms with Crippen molar-refractivity contribution >= 4 is 28.7 Å². The van der Waals surface area contributed by atoms with Crippen LogP contribution in [0.15, 0.2) is 54.7 Å². The largest absolute Gasteiger partial charge is 0.471 e. The van der Waals surface area contributed by atoms with Crippen molar-refractivity contribution in [2.24, 2.45) is 0 Å². The Morgan fingerprint density at radius 1 is 1.19 bits per heavy atom. The van der Waals surface area contributed by atoms with E-state index >= 15 is 0 Å². The highest BCUT2D eigenvalue weighted by Crippen LogP contribution is 2.19. The second-order valence-electron chi connectivity index (χ2n) is 6.46. The van der Waals surface area contributed by atoms with E-state index in [1.807, 2.05) is 48.5 Å². The first-order chi connectivity index (χ1) is 13.2. The van der Waals surface area contributed by atoms with Gasteiger partial charge in [-0.15, -0.1) is 0 Å². The zero-order valence-electron chi connectivity index (χ0n) is 14.6. The molecule has 7 heteroatoms. The van der Waals surface area contributed by atoms with Gasteiger partial charge >= 0.3 is 6.03 Å². The molecule has 1 aromatic heterocycles. The fourth-order valence-corrected chi connectivity index (χ4v) is 3.19. The minimum absolute atomic E-state index is 0.0817. The lowest BCUT2D eigenvalue weighted by Crippen LogP contribution is -2.39. The second-order valence-corrected chi connectivity index (χ2v) is 6.89. The van der Waals surface area contributed by atoms with Gasteiger partial charge < -0.3 is 15.0 Å². The number of hydrogen-bond donors (Lipinski definition) is 1. The molecule has 0 bridgehead atoms. The van der Waals surface area contributed by atoms with Gasteiger partial charge in [0.15, 0.2) is 0 Å². The quantitative estimate of drug-likeness (QED) is 0.748. The molecule has 6 nitrogen and oxygen atoms in total. The van der Waals surface area contributed by atoms with Gasteiger partial charge in [0.25, 0.3) is 0 Å². The SMILES string of the molecule is O=C(NCc1ccc(Cl)cc1)N1CCC(Oc2cnc3ccccc3n2)C1. The van der Waals surface area contributed by atoms with Crippen molar-refractivity contribution in [3.8, 4) is 5.88 Å². The minimum Gasteiger partial charge on any atom is -0.471 e. The number of carbonyl (C=O) groups excluding carboxylic acids is 1. The van der Waals surface area contributed by atoms with Gasteiger partial charge in [0.1, 0.15) is 6.10 Å². The van der Waals surface area contributed by atoms with Crippen LogP contribution in [-0.2, 0) is 6.54 Å². The summed E-state index contributed by atoms with van der Waals surface area (Å²) in [6.07, 6.45) is 2.32. The Balaban J connectivity index is 1.31. The third-order valence-electron chi connectivity index (χ3n) is 4.50. The number of nitrogens with zero attached hydrogens (tertiary/aromatic N) is 3. The summed E-state index contributed by atoms with van der Waals surface area (Å²) in [5.74, 6) is 0.488. The number of para-hydroxylation sites is 2. The number of hydrogen-bond acceptors (Lipinski definition) is 4. The Hall–Kier alpha value is -2.86. The summed E-state index contributed by atoms with van der Waals surface area (Å²) in [7, 11) is 0. The molecular formula is C20H19ClN4O2. The first kappa shape index (κ1) is 17.5. The normalized spacial score (nSPS) is 16.5. The average Bonchev–Trinajstić information content (AvgIpc) is 3.16. The van der Waals surface area contributed by atoms with Crippen LogP contribution >= 0.6 is 11.6 Å². The number of nitrogens with one attached hydrogen (secondary N) is 1. The number of halogens is 1. The molecule has 1 atom stereocenters. The molecule has 1 aliphatic rings. The topological polar surface area (TPSA) is 67.4 Å². The van der Waals surface area contributed by atoms with E-state index in [0.29, 0.717) is 30.5 Å². The van der Waals surface area contributed by atoms with Crippen molar-refractivity contribution in [2.45, 2.75) is 19.1 Å². The van der Waals surface area contributed by atoms with Crippen molar-refractivity contribution in [1.82, 2.24) is 20.2 Å². The van der Waals surface area contributed by atoms with Crippen molar-refractivity contribution in [1.29, 1.82) is 0 Å². The van der Waals surface area contributed by atoms with E-state index in [0.717, 1.165) is 23.0 Å². The lowest BCUT2D eigenvalue weighted by atomic mass is 10.2. The number of rotatable bonds is 4. The molecule has 1 fully saturated rings. The fourth-order valence-electron chi connectivity index (χ4n) is 3.07. The number of urea groups is 1. The molecule has 2 aromatic carbocycles. The minimum atomic E-state index is -0.0966. The molecule has 27 heavy (non-hydrogen) atoms. The van der Waals surface area contributed by atoms with Gasteiger partial charge in [-0.1, -0.05) is 35.9 Å². The smallest absolute Gasteiger partial charge is 0.317 e. The van der Waals surface area contributed by atoms with Crippen LogP contribution in [0, 0.1) is 0 Å². The lowest BCUT2D eigenvalue weighted by Gasteiger charge is -2.17. The third kappa shape index (κ3) is 4.28. The van der Waals surface area contributed by atoms with Crippen molar-refractivity contribution in [3.05, 3.63) is 65.3 Å². The maximum atomic E-state index is 12.4. The standard InChI is InChI=1S/C20H19ClN4O2/c21-15-7-5-14(6-8-15)11-23-20(26)25-10-9-16(13-25)27-19-12-22-17-3-1-2-4-18(17)24-19/h1-8,12,16H,9-11,13H2,(H,23,26). The van der Waals surface area contributed by atoms with Gasteiger partial charge in [0.2, 0.25) is 5.88 Å². The first-order valence-corrected chi connectivity index (χ1v) is 9.21. The van der Waals surface area contributed by atoms with Gasteiger partial charge in [0, 0.05) is 24.5 Å². The van der Waals surface area contributed by atoms with Gasteiger partial charge in [-0.25, -0.2) is 14.8 Å². The molecule has 2 amide bonds. The van der Waals surface area contributed by atoms with Crippen LogP contribution in [0.1, 0.15) is 12.0 Å². The predicted molar refractivity (Wildman–Crippen MR) is 104 cm³/mol. The van der Waals surface area contributed by atoms with Gasteiger partial charge in [0.05, 0.1) is 23.8 Å². The van der Waals surface area contributed by atoms with E-state index in [9.17, 15) is 4.79 Å². The molecule has 138 valence electrons. The van der Waals surface area contributed by atoms with Gasteiger partial charge in [-0.2, -0.15) is 0 Å². The number of amides is 2. The molecule has 1 unspecified atom stereocenters. The molecule has 0 saturated carbocycles. The summed E-state index contributed by atoms with van der Waals surface area (Å²) >= 11 is 5.87. The Kier molecular flexibility index (Phi) is 5.07. The van der Waals surface area contributed by atoms with E-state index < -0.39 is 0 Å². The summed E-state index contributed by atoms with van der Waals surface area (Å²) in [6, 6.07) is 15.0. The molecule has 0 spiro atoms. The van der Waals surface area contributed by atoms with Crippen molar-refractivity contribution in [3.63, 3.8) is 0 Å². The zero-order chi connectivity index (χ0) is 18.6. The highest BCUT2D eigenvalue weighted by molar-refractivity contribution is 6.30. The number of aromatic nitrogens is 2. The molecule has 0 radical (unpaired) electrons. The average molecular weight is 383 g/mol. The summed E-state index contributed by atoms with van der Waals surface area (Å²) in [4.78, 5) is 23.0. The van der Waals surface area contributed by atoms with Gasteiger partial charge in [-0.05, 0) is 29.8 Å². The molecule has 1 saturated heterocycles. The highest BCUT2D eigenvalue weighted by atomic mass is 35.5. The van der Waals surface area contributed by atoms with Crippen LogP contribution in [0.5, 0.6) is 5.88 Å². The number of likely N-dealkylation sites (tertiary alicyclic amines) is 1. The summed E-state index contributed by atoms with van der Waals surface area (Å²) in [5.41, 5.74) is 2.64. The summed E-state index contributed by atoms with van der Waals surface area (Å²) < 4.78 is 5.93. The van der Waals surface area contributed by atoms with E-state index in [2.05, 4.69) is 15.3 Å². The monoisotopic (exact) mass is 382 g/mol. The number of ether oxygens (including phenoxy) is 1. The number of benzene rings is 2. The summed E-state index contributed by atoms with van der Waals surface area (Å²) in [6.45, 7) is 1.65. The lowest BCUT2D eigenvalue weighted by molar-refractivity contribution is 0.183. The van der Waals surface area contributed by atoms with Crippen LogP contribution < -0.4 is 10.1 Å². The summed E-state index contributed by atoms with van der Waals surface area (Å²) in [5, 5.41) is 3.61. The van der Waals surface area contributed by atoms with Crippen LogP contribution in [0.3, 0.4) is 0 Å². The van der Waals surface area contributed by atoms with Crippen LogP contribution in [0.25, 0.3) is 11.0 Å².